The van der Waals surface area contributed by atoms with Gasteiger partial charge in [0.1, 0.15) is 12.7 Å². The van der Waals surface area contributed by atoms with Crippen LogP contribution < -0.4 is 0 Å². The first-order valence-electron chi connectivity index (χ1n) is 6.37. The highest BCUT2D eigenvalue weighted by atomic mass is 15.0. The lowest BCUT2D eigenvalue weighted by Gasteiger charge is -1.99. The molecule has 0 aliphatic rings. The summed E-state index contributed by atoms with van der Waals surface area (Å²) in [6.45, 7) is 0. The van der Waals surface area contributed by atoms with Crippen LogP contribution in [-0.2, 0) is 0 Å². The minimum Gasteiger partial charge on any atom is -0.225 e. The predicted molar refractivity (Wildman–Crippen MR) is 80.6 cm³/mol. The van der Waals surface area contributed by atoms with Gasteiger partial charge in [-0.1, -0.05) is 66.7 Å². The molecule has 20 heavy (non-hydrogen) atoms. The molecule has 2 aromatic carbocycles. The molecule has 0 bridgehead atoms. The van der Waals surface area contributed by atoms with Gasteiger partial charge >= 0.3 is 0 Å². The molecule has 3 nitrogen and oxygen atoms in total. The highest BCUT2D eigenvalue weighted by molar-refractivity contribution is 5.70. The Kier molecular flexibility index (Phi) is 3.60. The standard InChI is InChI=1S/C17H13N3/c1-2-4-14(5-3-1)6-7-15-8-10-16(11-9-15)17-19-12-18-13-20-17/h1-13H. The molecule has 0 amide bonds. The number of aromatic nitrogens is 3. The van der Waals surface area contributed by atoms with Gasteiger partial charge in [-0.05, 0) is 11.1 Å². The second-order valence-electron chi connectivity index (χ2n) is 4.33. The average Bonchev–Trinajstić information content (AvgIpc) is 2.55. The van der Waals surface area contributed by atoms with E-state index < -0.39 is 0 Å². The van der Waals surface area contributed by atoms with Gasteiger partial charge in [-0.3, -0.25) is 0 Å². The Morgan fingerprint density at radius 2 is 1.25 bits per heavy atom. The van der Waals surface area contributed by atoms with E-state index in [0.717, 1.165) is 11.1 Å². The van der Waals surface area contributed by atoms with Crippen molar-refractivity contribution in [2.24, 2.45) is 0 Å². The van der Waals surface area contributed by atoms with Crippen LogP contribution in [0, 0.1) is 0 Å². The van der Waals surface area contributed by atoms with E-state index in [2.05, 4.69) is 51.4 Å². The van der Waals surface area contributed by atoms with Gasteiger partial charge in [-0.25, -0.2) is 15.0 Å². The lowest BCUT2D eigenvalue weighted by atomic mass is 10.1. The predicted octanol–water partition coefficient (Wildman–Crippen LogP) is 3.71. The lowest BCUT2D eigenvalue weighted by molar-refractivity contribution is 1.06. The topological polar surface area (TPSA) is 38.7 Å². The molecule has 1 aromatic heterocycles. The highest BCUT2D eigenvalue weighted by Crippen LogP contribution is 2.15. The van der Waals surface area contributed by atoms with E-state index in [1.807, 2.05) is 30.3 Å². The van der Waals surface area contributed by atoms with Crippen molar-refractivity contribution in [1.82, 2.24) is 15.0 Å². The zero-order valence-corrected chi connectivity index (χ0v) is 10.8. The smallest absolute Gasteiger partial charge is 0.162 e. The molecule has 0 aliphatic carbocycles. The van der Waals surface area contributed by atoms with E-state index in [9.17, 15) is 0 Å². The van der Waals surface area contributed by atoms with Crippen molar-refractivity contribution in [2.45, 2.75) is 0 Å². The van der Waals surface area contributed by atoms with E-state index in [1.54, 1.807) is 0 Å². The lowest BCUT2D eigenvalue weighted by Crippen LogP contribution is -1.88. The molecular weight excluding hydrogens is 246 g/mol. The summed E-state index contributed by atoms with van der Waals surface area (Å²) in [6, 6.07) is 18.4. The first-order valence-corrected chi connectivity index (χ1v) is 6.37. The van der Waals surface area contributed by atoms with Crippen LogP contribution in [-0.4, -0.2) is 15.0 Å². The third kappa shape index (κ3) is 2.95. The molecule has 96 valence electrons. The fourth-order valence-corrected chi connectivity index (χ4v) is 1.89. The molecule has 0 atom stereocenters. The summed E-state index contributed by atoms with van der Waals surface area (Å²) in [5.41, 5.74) is 3.32. The number of hydrogen-bond acceptors (Lipinski definition) is 3. The molecule has 1 heterocycles. The molecule has 3 aromatic rings. The largest absolute Gasteiger partial charge is 0.225 e. The van der Waals surface area contributed by atoms with Crippen LogP contribution in [0.3, 0.4) is 0 Å². The maximum absolute atomic E-state index is 4.13. The molecule has 3 heteroatoms. The van der Waals surface area contributed by atoms with Gasteiger partial charge in [0.05, 0.1) is 0 Å². The summed E-state index contributed by atoms with van der Waals surface area (Å²) in [7, 11) is 0. The monoisotopic (exact) mass is 259 g/mol. The zero-order valence-electron chi connectivity index (χ0n) is 10.8. The van der Waals surface area contributed by atoms with E-state index in [-0.39, 0.29) is 0 Å². The van der Waals surface area contributed by atoms with Crippen molar-refractivity contribution in [3.63, 3.8) is 0 Å². The van der Waals surface area contributed by atoms with Crippen LogP contribution in [0.15, 0.2) is 67.3 Å². The summed E-state index contributed by atoms with van der Waals surface area (Å²) >= 11 is 0. The summed E-state index contributed by atoms with van der Waals surface area (Å²) in [6.07, 6.45) is 7.20. The number of hydrogen-bond donors (Lipinski definition) is 0. The fourth-order valence-electron chi connectivity index (χ4n) is 1.89. The SMILES string of the molecule is C(=Cc1ccc(-c2ncncn2)cc1)c1ccccc1. The molecule has 0 radical (unpaired) electrons. The van der Waals surface area contributed by atoms with Crippen molar-refractivity contribution in [2.75, 3.05) is 0 Å². The van der Waals surface area contributed by atoms with E-state index in [4.69, 9.17) is 0 Å². The normalized spacial score (nSPS) is 10.8. The first-order chi connectivity index (χ1) is 9.92. The van der Waals surface area contributed by atoms with Gasteiger partial charge in [-0.2, -0.15) is 0 Å². The van der Waals surface area contributed by atoms with Gasteiger partial charge in [0.25, 0.3) is 0 Å². The maximum atomic E-state index is 4.13. The molecule has 3 rings (SSSR count). The highest BCUT2D eigenvalue weighted by Gasteiger charge is 1.98. The molecule has 0 saturated carbocycles. The van der Waals surface area contributed by atoms with Crippen molar-refractivity contribution in [3.05, 3.63) is 78.4 Å². The minimum atomic E-state index is 0.693. The first kappa shape index (κ1) is 12.2. The van der Waals surface area contributed by atoms with Crippen LogP contribution in [0.1, 0.15) is 11.1 Å². The molecule has 0 spiro atoms. The Hall–Kier alpha value is -2.81. The van der Waals surface area contributed by atoms with E-state index in [0.29, 0.717) is 5.82 Å². The Balaban J connectivity index is 1.79. The van der Waals surface area contributed by atoms with Crippen molar-refractivity contribution >= 4 is 12.2 Å². The van der Waals surface area contributed by atoms with Crippen LogP contribution in [0.4, 0.5) is 0 Å². The second kappa shape index (κ2) is 5.89. The number of benzene rings is 2. The van der Waals surface area contributed by atoms with Gasteiger partial charge in [0.15, 0.2) is 5.82 Å². The zero-order chi connectivity index (χ0) is 13.6. The number of rotatable bonds is 3. The molecule has 0 saturated heterocycles. The Morgan fingerprint density at radius 3 is 1.90 bits per heavy atom. The Labute approximate surface area is 117 Å². The number of nitrogens with zero attached hydrogens (tertiary/aromatic N) is 3. The second-order valence-corrected chi connectivity index (χ2v) is 4.33. The summed E-state index contributed by atoms with van der Waals surface area (Å²) in [5, 5.41) is 0. The summed E-state index contributed by atoms with van der Waals surface area (Å²) < 4.78 is 0. The third-order valence-corrected chi connectivity index (χ3v) is 2.93. The van der Waals surface area contributed by atoms with E-state index in [1.165, 1.54) is 18.2 Å². The van der Waals surface area contributed by atoms with Gasteiger partial charge in [0, 0.05) is 5.56 Å². The molecule has 0 aliphatic heterocycles. The van der Waals surface area contributed by atoms with Crippen LogP contribution >= 0.6 is 0 Å². The fraction of sp³-hybridized carbons (Fsp3) is 0. The molecule has 0 fully saturated rings. The van der Waals surface area contributed by atoms with Gasteiger partial charge in [0.2, 0.25) is 0 Å². The average molecular weight is 259 g/mol. The Morgan fingerprint density at radius 1 is 0.650 bits per heavy atom. The summed E-state index contributed by atoms with van der Waals surface area (Å²) in [5.74, 6) is 0.693. The summed E-state index contributed by atoms with van der Waals surface area (Å²) in [4.78, 5) is 12.1. The molecule has 0 N–H and O–H groups in total. The maximum Gasteiger partial charge on any atom is 0.162 e. The van der Waals surface area contributed by atoms with Crippen molar-refractivity contribution in [1.29, 1.82) is 0 Å². The molecular formula is C17H13N3. The third-order valence-electron chi connectivity index (χ3n) is 2.93. The van der Waals surface area contributed by atoms with Crippen LogP contribution in [0.5, 0.6) is 0 Å². The van der Waals surface area contributed by atoms with Gasteiger partial charge in [-0.15, -0.1) is 0 Å². The Bertz CT molecular complexity index is 689. The van der Waals surface area contributed by atoms with Crippen molar-refractivity contribution < 1.29 is 0 Å². The van der Waals surface area contributed by atoms with Crippen molar-refractivity contribution in [3.8, 4) is 11.4 Å². The minimum absolute atomic E-state index is 0.693. The molecule has 0 unspecified atom stereocenters. The van der Waals surface area contributed by atoms with Crippen LogP contribution in [0.2, 0.25) is 0 Å². The van der Waals surface area contributed by atoms with E-state index >= 15 is 0 Å². The van der Waals surface area contributed by atoms with Gasteiger partial charge < -0.3 is 0 Å². The van der Waals surface area contributed by atoms with Crippen LogP contribution in [0.25, 0.3) is 23.5 Å². The quantitative estimate of drug-likeness (QED) is 0.673.